The molecule has 8 aromatic rings. The summed E-state index contributed by atoms with van der Waals surface area (Å²) in [6, 6.07) is 20.8. The predicted molar refractivity (Wildman–Crippen MR) is 258 cm³/mol. The number of aromatic amines is 1. The summed E-state index contributed by atoms with van der Waals surface area (Å²) >= 11 is 0. The topological polar surface area (TPSA) is 210 Å². The maximum Gasteiger partial charge on any atom is 0.280 e. The smallest absolute Gasteiger partial charge is 0.280 e. The molecule has 2 atom stereocenters. The minimum atomic E-state index is -0.490. The van der Waals surface area contributed by atoms with E-state index in [1.165, 1.54) is 12.5 Å². The molecule has 0 aliphatic carbocycles. The standard InChI is InChI=1S/C49H47N13O5/c1-29-18-37(8-9-41(29)60-14-16-66-30(2)26-60)55-45-43-34(10-12-52-47(43)64)20-39(57-45)33-6-4-32(5-7-33)19-42(63)59-62-13-11-35-21-40(36-22-50-28-51-23-36)58-46(44(35)48(62)65)56-38-24-53-49(54-25-38)61-15-17-67-31(3)27-61/h4-13,18,20-25,28,30-31H,14-17,19,26-27H2,1-3H3,(H,52,64)(H,55,57)(H,56,58)(H,59,63)/t30-,31-/m1/s1. The molecule has 6 aromatic heterocycles. The molecule has 0 spiro atoms. The maximum absolute atomic E-state index is 14.2. The molecule has 1 amide bonds. The fourth-order valence-electron chi connectivity index (χ4n) is 8.57. The van der Waals surface area contributed by atoms with Crippen LogP contribution in [0.25, 0.3) is 44.1 Å². The number of aromatic nitrogens is 8. The molecule has 0 radical (unpaired) electrons. The van der Waals surface area contributed by atoms with Crippen LogP contribution in [0.2, 0.25) is 0 Å². The Hall–Kier alpha value is -8.09. The molecule has 0 bridgehead atoms. The van der Waals surface area contributed by atoms with Crippen LogP contribution >= 0.6 is 0 Å². The lowest BCUT2D eigenvalue weighted by Gasteiger charge is -2.34. The summed E-state index contributed by atoms with van der Waals surface area (Å²) in [4.78, 5) is 75.3. The first-order valence-corrected chi connectivity index (χ1v) is 22.0. The molecular weight excluding hydrogens is 851 g/mol. The zero-order valence-electron chi connectivity index (χ0n) is 37.1. The first kappa shape index (κ1) is 42.8. The number of nitrogens with zero attached hydrogens (tertiary/aromatic N) is 9. The molecule has 18 heteroatoms. The molecule has 18 nitrogen and oxygen atoms in total. The van der Waals surface area contributed by atoms with E-state index in [4.69, 9.17) is 19.4 Å². The third-order valence-electron chi connectivity index (χ3n) is 11.8. The Morgan fingerprint density at radius 3 is 2.12 bits per heavy atom. The molecule has 2 fully saturated rings. The van der Waals surface area contributed by atoms with Crippen molar-refractivity contribution in [3.05, 3.63) is 142 Å². The van der Waals surface area contributed by atoms with Crippen molar-refractivity contribution in [3.63, 3.8) is 0 Å². The summed E-state index contributed by atoms with van der Waals surface area (Å²) < 4.78 is 12.6. The minimum Gasteiger partial charge on any atom is -0.375 e. The third kappa shape index (κ3) is 9.25. The van der Waals surface area contributed by atoms with Gasteiger partial charge in [0, 0.05) is 73.5 Å². The summed E-state index contributed by atoms with van der Waals surface area (Å²) in [6.07, 6.45) is 11.3. The molecule has 0 saturated carbocycles. The molecule has 2 aromatic carbocycles. The molecule has 2 aliphatic rings. The van der Waals surface area contributed by atoms with Crippen molar-refractivity contribution in [1.82, 2.24) is 39.6 Å². The molecular formula is C49H47N13O5. The number of aryl methyl sites for hydroxylation is 1. The van der Waals surface area contributed by atoms with Crippen molar-refractivity contribution in [2.75, 3.05) is 65.3 Å². The number of hydrogen-bond acceptors (Lipinski definition) is 15. The number of carbonyl (C=O) groups excluding carboxylic acids is 1. The number of pyridine rings is 4. The van der Waals surface area contributed by atoms with E-state index in [1.54, 1.807) is 43.1 Å². The molecule has 10 rings (SSSR count). The highest BCUT2D eigenvalue weighted by atomic mass is 16.5. The number of hydrogen-bond donors (Lipinski definition) is 4. The highest BCUT2D eigenvalue weighted by Crippen LogP contribution is 2.32. The van der Waals surface area contributed by atoms with Gasteiger partial charge in [-0.15, -0.1) is 0 Å². The van der Waals surface area contributed by atoms with Crippen molar-refractivity contribution in [2.45, 2.75) is 39.4 Å². The van der Waals surface area contributed by atoms with Crippen LogP contribution in [-0.2, 0) is 20.7 Å². The van der Waals surface area contributed by atoms with Crippen LogP contribution in [0.5, 0.6) is 0 Å². The lowest BCUT2D eigenvalue weighted by atomic mass is 10.0. The second-order valence-electron chi connectivity index (χ2n) is 16.8. The third-order valence-corrected chi connectivity index (χ3v) is 11.8. The van der Waals surface area contributed by atoms with Crippen molar-refractivity contribution in [2.24, 2.45) is 0 Å². The van der Waals surface area contributed by atoms with Gasteiger partial charge in [0.15, 0.2) is 0 Å². The summed E-state index contributed by atoms with van der Waals surface area (Å²) in [7, 11) is 0. The molecule has 4 N–H and O–H groups in total. The Bertz CT molecular complexity index is 3240. The largest absolute Gasteiger partial charge is 0.375 e. The number of fused-ring (bicyclic) bond motifs is 2. The fraction of sp³-hybridized carbons (Fsp3) is 0.245. The van der Waals surface area contributed by atoms with E-state index in [-0.39, 0.29) is 35.4 Å². The monoisotopic (exact) mass is 897 g/mol. The SMILES string of the molecule is Cc1cc(Nc2nc(-c3ccc(CC(=O)Nn4ccc5cc(-c6cncnc6)nc(Nc6cnc(N7CCO[C@H](C)C7)nc6)c5c4=O)cc3)cc3cc[nH]c(=O)c23)ccc1N1CCO[C@H](C)C1. The van der Waals surface area contributed by atoms with Gasteiger partial charge in [-0.2, -0.15) is 0 Å². The summed E-state index contributed by atoms with van der Waals surface area (Å²) in [5, 5.41) is 8.65. The van der Waals surface area contributed by atoms with E-state index in [0.717, 1.165) is 45.7 Å². The van der Waals surface area contributed by atoms with E-state index < -0.39 is 11.5 Å². The van der Waals surface area contributed by atoms with Gasteiger partial charge >= 0.3 is 0 Å². The predicted octanol–water partition coefficient (Wildman–Crippen LogP) is 6.11. The Balaban J connectivity index is 0.877. The number of amides is 1. The zero-order chi connectivity index (χ0) is 46.0. The van der Waals surface area contributed by atoms with Crippen LogP contribution in [0.4, 0.5) is 34.6 Å². The molecule has 338 valence electrons. The molecule has 67 heavy (non-hydrogen) atoms. The average molecular weight is 898 g/mol. The first-order valence-electron chi connectivity index (χ1n) is 22.0. The van der Waals surface area contributed by atoms with Crippen LogP contribution in [0.1, 0.15) is 25.0 Å². The molecule has 0 unspecified atom stereocenters. The Kier molecular flexibility index (Phi) is 11.8. The van der Waals surface area contributed by atoms with Crippen LogP contribution in [0.15, 0.2) is 120 Å². The second kappa shape index (κ2) is 18.4. The first-order chi connectivity index (χ1) is 32.6. The van der Waals surface area contributed by atoms with Gasteiger partial charge in [0.05, 0.1) is 72.1 Å². The van der Waals surface area contributed by atoms with Gasteiger partial charge in [0.2, 0.25) is 11.9 Å². The number of carbonyl (C=O) groups is 1. The number of rotatable bonds is 11. The summed E-state index contributed by atoms with van der Waals surface area (Å²) in [5.41, 5.74) is 8.91. The van der Waals surface area contributed by atoms with Gasteiger partial charge in [-0.1, -0.05) is 24.3 Å². The summed E-state index contributed by atoms with van der Waals surface area (Å²) in [6.45, 7) is 10.4. The van der Waals surface area contributed by atoms with Crippen LogP contribution < -0.4 is 37.0 Å². The second-order valence-corrected chi connectivity index (χ2v) is 16.8. The number of nitrogens with one attached hydrogen (secondary N) is 4. The van der Waals surface area contributed by atoms with Crippen molar-refractivity contribution in [1.29, 1.82) is 0 Å². The number of benzene rings is 2. The van der Waals surface area contributed by atoms with Crippen LogP contribution in [0.3, 0.4) is 0 Å². The minimum absolute atomic E-state index is 0.0152. The van der Waals surface area contributed by atoms with E-state index in [0.29, 0.717) is 77.0 Å². The molecule has 8 heterocycles. The fourth-order valence-corrected chi connectivity index (χ4v) is 8.57. The molecule has 2 aliphatic heterocycles. The van der Waals surface area contributed by atoms with E-state index in [2.05, 4.69) is 76.8 Å². The Morgan fingerprint density at radius 1 is 0.746 bits per heavy atom. The lowest BCUT2D eigenvalue weighted by Crippen LogP contribution is -2.41. The number of H-pyrrole nitrogens is 1. The van der Waals surface area contributed by atoms with Gasteiger partial charge in [0.25, 0.3) is 11.1 Å². The van der Waals surface area contributed by atoms with Crippen LogP contribution in [0, 0.1) is 6.92 Å². The number of morpholine rings is 2. The Morgan fingerprint density at radius 2 is 1.40 bits per heavy atom. The van der Waals surface area contributed by atoms with Gasteiger partial charge in [-0.25, -0.2) is 34.6 Å². The Labute approximate surface area is 384 Å². The van der Waals surface area contributed by atoms with Gasteiger partial charge in [-0.3, -0.25) is 19.8 Å². The lowest BCUT2D eigenvalue weighted by molar-refractivity contribution is -0.116. The van der Waals surface area contributed by atoms with Crippen molar-refractivity contribution < 1.29 is 14.3 Å². The highest BCUT2D eigenvalue weighted by Gasteiger charge is 2.22. The molecule has 2 saturated heterocycles. The van der Waals surface area contributed by atoms with Gasteiger partial charge in [-0.05, 0) is 85.1 Å². The number of anilines is 6. The normalized spacial score (nSPS) is 16.3. The van der Waals surface area contributed by atoms with Gasteiger partial charge in [0.1, 0.15) is 18.0 Å². The quantitative estimate of drug-likeness (QED) is 0.116. The van der Waals surface area contributed by atoms with Gasteiger partial charge < -0.3 is 34.9 Å². The van der Waals surface area contributed by atoms with Crippen molar-refractivity contribution >= 4 is 62.1 Å². The zero-order valence-corrected chi connectivity index (χ0v) is 37.1. The van der Waals surface area contributed by atoms with E-state index in [1.807, 2.05) is 49.4 Å². The highest BCUT2D eigenvalue weighted by molar-refractivity contribution is 5.97. The number of ether oxygens (including phenoxy) is 2. The van der Waals surface area contributed by atoms with Crippen molar-refractivity contribution in [3.8, 4) is 22.5 Å². The summed E-state index contributed by atoms with van der Waals surface area (Å²) in [5.74, 6) is 0.836. The average Bonchev–Trinajstić information content (AvgIpc) is 3.33. The van der Waals surface area contributed by atoms with E-state index >= 15 is 0 Å². The van der Waals surface area contributed by atoms with Crippen LogP contribution in [-0.4, -0.2) is 97.1 Å². The van der Waals surface area contributed by atoms with E-state index in [9.17, 15) is 14.4 Å². The maximum atomic E-state index is 14.2.